The molecule has 0 aromatic heterocycles. The summed E-state index contributed by atoms with van der Waals surface area (Å²) in [5, 5.41) is 11.0. The standard InChI is InChI=1S/C26H32O4/c1-26-14-21(19-9-6-17(29-2)13-23(19)30-3)25-18-8-5-16(27)12-15(18)4-7-20(25)22(26)10-11-24(26)28/h6,9,12-13,20-22,24,28H,4-5,7-8,10-11,14H2,1-3H3/t20-,21+,22-,24-,26-/m0/s1. The van der Waals surface area contributed by atoms with Crippen LogP contribution in [0.3, 0.4) is 0 Å². The van der Waals surface area contributed by atoms with E-state index in [0.717, 1.165) is 50.0 Å². The molecule has 2 fully saturated rings. The van der Waals surface area contributed by atoms with Crippen molar-refractivity contribution in [1.82, 2.24) is 0 Å². The van der Waals surface area contributed by atoms with Crippen molar-refractivity contribution in [3.63, 3.8) is 0 Å². The zero-order valence-electron chi connectivity index (χ0n) is 18.2. The van der Waals surface area contributed by atoms with Crippen molar-refractivity contribution in [2.75, 3.05) is 14.2 Å². The van der Waals surface area contributed by atoms with Crippen molar-refractivity contribution >= 4 is 5.78 Å². The van der Waals surface area contributed by atoms with Crippen LogP contribution in [0, 0.1) is 17.3 Å². The largest absolute Gasteiger partial charge is 0.497 e. The van der Waals surface area contributed by atoms with E-state index in [1.54, 1.807) is 14.2 Å². The molecule has 5 rings (SSSR count). The molecule has 0 aliphatic heterocycles. The third kappa shape index (κ3) is 2.87. The quantitative estimate of drug-likeness (QED) is 0.768. The molecule has 1 aromatic carbocycles. The number of aliphatic hydroxyl groups is 1. The molecule has 0 amide bonds. The molecule has 4 aliphatic rings. The van der Waals surface area contributed by atoms with Crippen molar-refractivity contribution < 1.29 is 19.4 Å². The first kappa shape index (κ1) is 19.9. The van der Waals surface area contributed by atoms with Crippen LogP contribution in [-0.2, 0) is 4.79 Å². The second-order valence-corrected chi connectivity index (χ2v) is 9.79. The van der Waals surface area contributed by atoms with E-state index in [1.165, 1.54) is 22.3 Å². The monoisotopic (exact) mass is 408 g/mol. The molecule has 0 radical (unpaired) electrons. The Morgan fingerprint density at radius 2 is 1.90 bits per heavy atom. The Bertz CT molecular complexity index is 942. The zero-order chi connectivity index (χ0) is 21.0. The summed E-state index contributed by atoms with van der Waals surface area (Å²) in [5.74, 6) is 3.12. The Morgan fingerprint density at radius 3 is 2.67 bits per heavy atom. The van der Waals surface area contributed by atoms with Gasteiger partial charge in [0.25, 0.3) is 0 Å². The highest BCUT2D eigenvalue weighted by atomic mass is 16.5. The van der Waals surface area contributed by atoms with Crippen LogP contribution in [0.25, 0.3) is 0 Å². The second-order valence-electron chi connectivity index (χ2n) is 9.79. The first-order valence-corrected chi connectivity index (χ1v) is 11.3. The van der Waals surface area contributed by atoms with Gasteiger partial charge in [-0.2, -0.15) is 0 Å². The van der Waals surface area contributed by atoms with E-state index in [4.69, 9.17) is 9.47 Å². The Kier molecular flexibility index (Phi) is 4.81. The minimum atomic E-state index is -0.245. The van der Waals surface area contributed by atoms with Crippen LogP contribution < -0.4 is 9.47 Å². The van der Waals surface area contributed by atoms with Crippen molar-refractivity contribution in [1.29, 1.82) is 0 Å². The molecule has 5 atom stereocenters. The third-order valence-electron chi connectivity index (χ3n) is 8.50. The molecule has 0 saturated heterocycles. The number of methoxy groups -OCH3 is 2. The maximum absolute atomic E-state index is 12.1. The highest BCUT2D eigenvalue weighted by molar-refractivity contribution is 5.93. The van der Waals surface area contributed by atoms with Gasteiger partial charge in [0.05, 0.1) is 20.3 Å². The molecule has 2 saturated carbocycles. The average Bonchev–Trinajstić information content (AvgIpc) is 3.06. The highest BCUT2D eigenvalue weighted by Crippen LogP contribution is 2.64. The van der Waals surface area contributed by atoms with Crippen molar-refractivity contribution in [3.05, 3.63) is 46.6 Å². The predicted molar refractivity (Wildman–Crippen MR) is 116 cm³/mol. The van der Waals surface area contributed by atoms with Gasteiger partial charge in [0.15, 0.2) is 5.78 Å². The molecule has 0 heterocycles. The fraction of sp³-hybridized carbons (Fsp3) is 0.577. The van der Waals surface area contributed by atoms with E-state index in [0.29, 0.717) is 18.3 Å². The molecule has 0 unspecified atom stereocenters. The van der Waals surface area contributed by atoms with Crippen LogP contribution in [0.4, 0.5) is 0 Å². The summed E-state index contributed by atoms with van der Waals surface area (Å²) < 4.78 is 11.2. The number of benzene rings is 1. The number of ketones is 1. The molecule has 1 aromatic rings. The fourth-order valence-corrected chi connectivity index (χ4v) is 7.02. The van der Waals surface area contributed by atoms with Crippen LogP contribution in [0.1, 0.15) is 63.4 Å². The maximum Gasteiger partial charge on any atom is 0.156 e. The minimum Gasteiger partial charge on any atom is -0.497 e. The molecular weight excluding hydrogens is 376 g/mol. The number of fused-ring (bicyclic) bond motifs is 4. The Morgan fingerprint density at radius 1 is 1.07 bits per heavy atom. The van der Waals surface area contributed by atoms with Crippen LogP contribution in [0.5, 0.6) is 11.5 Å². The highest BCUT2D eigenvalue weighted by Gasteiger charge is 2.56. The van der Waals surface area contributed by atoms with Gasteiger partial charge >= 0.3 is 0 Å². The Balaban J connectivity index is 1.70. The smallest absolute Gasteiger partial charge is 0.156 e. The van der Waals surface area contributed by atoms with Gasteiger partial charge in [-0.1, -0.05) is 18.6 Å². The first-order valence-electron chi connectivity index (χ1n) is 11.3. The SMILES string of the molecule is COc1ccc([C@H]2C[C@]3(C)[C@@H](O)CC[C@H]3[C@@H]3CCC4=CC(=O)CCC4=C32)c(OC)c1. The third-order valence-corrected chi connectivity index (χ3v) is 8.50. The molecule has 160 valence electrons. The number of hydrogen-bond donors (Lipinski definition) is 1. The molecule has 0 spiro atoms. The first-order chi connectivity index (χ1) is 14.5. The summed E-state index contributed by atoms with van der Waals surface area (Å²) in [6.07, 6.45) is 8.14. The minimum absolute atomic E-state index is 0.0734. The predicted octanol–water partition coefficient (Wildman–Crippen LogP) is 4.96. The maximum atomic E-state index is 12.1. The summed E-state index contributed by atoms with van der Waals surface area (Å²) >= 11 is 0. The van der Waals surface area contributed by atoms with Gasteiger partial charge < -0.3 is 14.6 Å². The van der Waals surface area contributed by atoms with Crippen molar-refractivity contribution in [2.24, 2.45) is 17.3 Å². The van der Waals surface area contributed by atoms with Crippen LogP contribution in [0.2, 0.25) is 0 Å². The summed E-state index contributed by atoms with van der Waals surface area (Å²) in [7, 11) is 3.39. The number of hydrogen-bond acceptors (Lipinski definition) is 4. The average molecular weight is 409 g/mol. The summed E-state index contributed by atoms with van der Waals surface area (Å²) in [6, 6.07) is 6.13. The van der Waals surface area contributed by atoms with E-state index in [9.17, 15) is 9.90 Å². The van der Waals surface area contributed by atoms with Crippen LogP contribution >= 0.6 is 0 Å². The van der Waals surface area contributed by atoms with Crippen molar-refractivity contribution in [2.45, 2.75) is 63.9 Å². The topological polar surface area (TPSA) is 55.8 Å². The summed E-state index contributed by atoms with van der Waals surface area (Å²) in [5.41, 5.74) is 5.33. The molecule has 0 bridgehead atoms. The van der Waals surface area contributed by atoms with Gasteiger partial charge in [-0.05, 0) is 79.1 Å². The lowest BCUT2D eigenvalue weighted by Gasteiger charge is -2.52. The van der Waals surface area contributed by atoms with Gasteiger partial charge in [-0.3, -0.25) is 4.79 Å². The summed E-state index contributed by atoms with van der Waals surface area (Å²) in [4.78, 5) is 12.1. The van der Waals surface area contributed by atoms with E-state index in [2.05, 4.69) is 13.0 Å². The normalized spacial score (nSPS) is 35.3. The lowest BCUT2D eigenvalue weighted by molar-refractivity contribution is -0.114. The van der Waals surface area contributed by atoms with Gasteiger partial charge in [0.2, 0.25) is 0 Å². The molecule has 4 nitrogen and oxygen atoms in total. The Hall–Kier alpha value is -2.07. The van der Waals surface area contributed by atoms with E-state index in [1.807, 2.05) is 18.2 Å². The Labute approximate surface area is 179 Å². The molecule has 4 heteroatoms. The second kappa shape index (κ2) is 7.26. The van der Waals surface area contributed by atoms with E-state index >= 15 is 0 Å². The molecule has 1 N–H and O–H groups in total. The number of aliphatic hydroxyl groups excluding tert-OH is 1. The van der Waals surface area contributed by atoms with Crippen molar-refractivity contribution in [3.8, 4) is 11.5 Å². The number of ether oxygens (including phenoxy) is 2. The van der Waals surface area contributed by atoms with Crippen LogP contribution in [0.15, 0.2) is 41.0 Å². The number of rotatable bonds is 3. The van der Waals surface area contributed by atoms with Gasteiger partial charge in [0.1, 0.15) is 11.5 Å². The van der Waals surface area contributed by atoms with Gasteiger partial charge in [-0.15, -0.1) is 0 Å². The summed E-state index contributed by atoms with van der Waals surface area (Å²) in [6.45, 7) is 2.30. The lowest BCUT2D eigenvalue weighted by atomic mass is 9.53. The van der Waals surface area contributed by atoms with Crippen LogP contribution in [-0.4, -0.2) is 31.2 Å². The molecule has 30 heavy (non-hydrogen) atoms. The van der Waals surface area contributed by atoms with Gasteiger partial charge in [0, 0.05) is 24.0 Å². The number of carbonyl (C=O) groups excluding carboxylic acids is 1. The fourth-order valence-electron chi connectivity index (χ4n) is 7.02. The number of carbonyl (C=O) groups is 1. The van der Waals surface area contributed by atoms with E-state index in [-0.39, 0.29) is 23.2 Å². The molecule has 4 aliphatic carbocycles. The van der Waals surface area contributed by atoms with Gasteiger partial charge in [-0.25, -0.2) is 0 Å². The lowest BCUT2D eigenvalue weighted by Crippen LogP contribution is -2.45. The molecular formula is C26H32O4. The number of allylic oxidation sites excluding steroid dienone is 4. The zero-order valence-corrected chi connectivity index (χ0v) is 18.2. The van der Waals surface area contributed by atoms with E-state index < -0.39 is 0 Å².